The first-order valence-electron chi connectivity index (χ1n) is 26.7. The lowest BCUT2D eigenvalue weighted by Gasteiger charge is -2.25. The molecule has 0 spiro atoms. The van der Waals surface area contributed by atoms with E-state index in [4.69, 9.17) is 9.47 Å². The van der Waals surface area contributed by atoms with Gasteiger partial charge in [-0.3, -0.25) is 24.1 Å². The van der Waals surface area contributed by atoms with Crippen LogP contribution in [0, 0.1) is 11.8 Å². The second-order valence-corrected chi connectivity index (χ2v) is 22.9. The fourth-order valence-corrected chi connectivity index (χ4v) is 14.3. The highest BCUT2D eigenvalue weighted by Gasteiger charge is 2.43. The third kappa shape index (κ3) is 16.7. The van der Waals surface area contributed by atoms with Gasteiger partial charge in [-0.25, -0.2) is 9.79 Å². The van der Waals surface area contributed by atoms with Gasteiger partial charge in [0.2, 0.25) is 11.8 Å². The van der Waals surface area contributed by atoms with Crippen LogP contribution in [0.2, 0.25) is 0 Å². The van der Waals surface area contributed by atoms with E-state index in [9.17, 15) is 24.0 Å². The number of allylic oxidation sites excluding steroid dienone is 3. The maximum Gasteiger partial charge on any atom is 0.353 e. The van der Waals surface area contributed by atoms with Crippen LogP contribution in [0.15, 0.2) is 60.3 Å². The lowest BCUT2D eigenvalue weighted by molar-refractivity contribution is -0.139. The Kier molecular flexibility index (Phi) is 28.2. The predicted octanol–water partition coefficient (Wildman–Crippen LogP) is 17.1. The number of imide groups is 1. The van der Waals surface area contributed by atoms with Crippen LogP contribution in [-0.2, 0) is 30.3 Å². The third-order valence-corrected chi connectivity index (χ3v) is 18.0. The number of hydrogen-bond donors (Lipinski definition) is 0. The molecule has 10 nitrogen and oxygen atoms in total. The van der Waals surface area contributed by atoms with Crippen molar-refractivity contribution in [3.05, 3.63) is 36.3 Å². The Balaban J connectivity index is 0.000000746. The quantitative estimate of drug-likeness (QED) is 0.0449. The van der Waals surface area contributed by atoms with E-state index < -0.39 is 11.9 Å². The van der Waals surface area contributed by atoms with E-state index in [1.807, 2.05) is 13.8 Å². The summed E-state index contributed by atoms with van der Waals surface area (Å²) in [4.78, 5) is 78.4. The van der Waals surface area contributed by atoms with Crippen LogP contribution in [0.4, 0.5) is 4.79 Å². The molecule has 0 N–H and O–H groups in total. The summed E-state index contributed by atoms with van der Waals surface area (Å²) in [6.45, 7) is 26.8. The van der Waals surface area contributed by atoms with Gasteiger partial charge in [0.25, 0.3) is 5.91 Å². The Hall–Kier alpha value is -3.07. The average molecular weight is 1040 g/mol. The smallest absolute Gasteiger partial charge is 0.353 e. The van der Waals surface area contributed by atoms with Gasteiger partial charge in [-0.1, -0.05) is 179 Å². The topological polar surface area (TPSA) is 132 Å². The van der Waals surface area contributed by atoms with Crippen LogP contribution < -0.4 is 4.74 Å². The summed E-state index contributed by atoms with van der Waals surface area (Å²) in [7, 11) is 0. The van der Waals surface area contributed by atoms with Crippen molar-refractivity contribution in [2.75, 3.05) is 13.2 Å². The number of esters is 1. The molecule has 0 saturated heterocycles. The lowest BCUT2D eigenvalue weighted by Crippen LogP contribution is -2.43. The molecule has 0 radical (unpaired) electrons. The minimum absolute atomic E-state index is 0.0353. The number of benzene rings is 1. The standard InChI is InChI=1S/C42H55N3O6S4.C9H18O.C5H12/c1-9-15-20-26(13-5)39(48)51-32-35-33(52-40(54-35)30(24(7)27-21-17-22-27)29(19-12-4)43-25(8)46)28(18-11-3)34-36(32)55-41(53-34)31-37(50-14-6)44-42(49)45(38(31)47)23-16-10-2;1-4-6-7-9(5-2)8(3)10;1-3-5-4-2/h26H,9-23H2,1-8H3;9H,4-7H2,1-3H3;3-5H2,1-2H3/b40-30-,41-31-,43-29?;;. The van der Waals surface area contributed by atoms with E-state index >= 15 is 0 Å². The molecular formula is C56H85N3O7S4. The molecule has 2 atom stereocenters. The molecule has 4 aliphatic rings. The molecule has 1 aliphatic carbocycles. The highest BCUT2D eigenvalue weighted by molar-refractivity contribution is 8.26. The molecule has 1 saturated carbocycles. The number of carbonyl (C=O) groups excluding carboxylic acids is 5. The Labute approximate surface area is 439 Å². The normalized spacial score (nSPS) is 17.8. The fourth-order valence-electron chi connectivity index (χ4n) is 8.40. The first-order valence-corrected chi connectivity index (χ1v) is 29.9. The van der Waals surface area contributed by atoms with E-state index in [1.54, 1.807) is 37.4 Å². The van der Waals surface area contributed by atoms with Crippen molar-refractivity contribution in [2.45, 2.75) is 238 Å². The number of rotatable bonds is 23. The Bertz CT molecular complexity index is 2150. The molecule has 4 amide bonds. The van der Waals surface area contributed by atoms with E-state index in [1.165, 1.54) is 78.6 Å². The number of carbonyl (C=O) groups is 5. The summed E-state index contributed by atoms with van der Waals surface area (Å²) >= 11 is 6.16. The summed E-state index contributed by atoms with van der Waals surface area (Å²) < 4.78 is 14.2. The van der Waals surface area contributed by atoms with Crippen molar-refractivity contribution in [1.29, 1.82) is 0 Å². The summed E-state index contributed by atoms with van der Waals surface area (Å²) in [5.41, 5.74) is 5.82. The van der Waals surface area contributed by atoms with E-state index in [2.05, 4.69) is 65.4 Å². The number of fused-ring (bicyclic) bond motifs is 2. The van der Waals surface area contributed by atoms with Crippen LogP contribution in [0.5, 0.6) is 5.75 Å². The molecule has 1 aromatic rings. The van der Waals surface area contributed by atoms with Crippen molar-refractivity contribution in [3.63, 3.8) is 0 Å². The van der Waals surface area contributed by atoms with Crippen molar-refractivity contribution >= 4 is 88.3 Å². The Morgan fingerprint density at radius 1 is 0.700 bits per heavy atom. The molecule has 3 aliphatic heterocycles. The van der Waals surface area contributed by atoms with E-state index in [0.29, 0.717) is 41.0 Å². The van der Waals surface area contributed by atoms with E-state index in [0.717, 1.165) is 118 Å². The highest BCUT2D eigenvalue weighted by atomic mass is 32.2. The number of urea groups is 1. The number of aliphatic imine (C=N–C) groups is 2. The monoisotopic (exact) mass is 1040 g/mol. The molecule has 1 fully saturated rings. The molecular weight excluding hydrogens is 955 g/mol. The molecule has 70 heavy (non-hydrogen) atoms. The van der Waals surface area contributed by atoms with Crippen molar-refractivity contribution in [2.24, 2.45) is 21.8 Å². The molecule has 14 heteroatoms. The molecule has 0 aromatic heterocycles. The number of ether oxygens (including phenoxy) is 2. The third-order valence-electron chi connectivity index (χ3n) is 12.7. The number of thioether (sulfide) groups is 4. The maximum absolute atomic E-state index is 14.1. The van der Waals surface area contributed by atoms with Gasteiger partial charge >= 0.3 is 12.0 Å². The first-order chi connectivity index (χ1) is 33.7. The van der Waals surface area contributed by atoms with Gasteiger partial charge in [-0.2, -0.15) is 4.99 Å². The zero-order chi connectivity index (χ0) is 51.9. The van der Waals surface area contributed by atoms with E-state index in [-0.39, 0.29) is 42.4 Å². The number of ketones is 1. The van der Waals surface area contributed by atoms with Crippen molar-refractivity contribution in [1.82, 2.24) is 4.90 Å². The molecule has 1 aromatic carbocycles. The van der Waals surface area contributed by atoms with Gasteiger partial charge in [-0.15, -0.1) is 0 Å². The molecule has 5 rings (SSSR count). The van der Waals surface area contributed by atoms with Gasteiger partial charge in [0.05, 0.1) is 36.5 Å². The van der Waals surface area contributed by atoms with Gasteiger partial charge in [0, 0.05) is 34.8 Å². The van der Waals surface area contributed by atoms with Crippen LogP contribution in [-0.4, -0.2) is 59.3 Å². The number of unbranched alkanes of at least 4 members (excludes halogenated alkanes) is 5. The Morgan fingerprint density at radius 3 is 1.77 bits per heavy atom. The second-order valence-electron chi connectivity index (χ2n) is 18.3. The van der Waals surface area contributed by atoms with Crippen molar-refractivity contribution in [3.8, 4) is 5.75 Å². The van der Waals surface area contributed by atoms with Crippen LogP contribution in [0.3, 0.4) is 0 Å². The van der Waals surface area contributed by atoms with Gasteiger partial charge in [0.15, 0.2) is 5.75 Å². The van der Waals surface area contributed by atoms with Gasteiger partial charge in [-0.05, 0) is 96.1 Å². The van der Waals surface area contributed by atoms with Gasteiger partial charge in [0.1, 0.15) is 11.4 Å². The number of nitrogens with zero attached hydrogens (tertiary/aromatic N) is 3. The molecule has 2 unspecified atom stereocenters. The zero-order valence-corrected chi connectivity index (χ0v) is 48.3. The van der Waals surface area contributed by atoms with Crippen LogP contribution in [0.1, 0.15) is 218 Å². The fraction of sp³-hybridized carbons (Fsp3) is 0.661. The average Bonchev–Trinajstić information content (AvgIpc) is 3.94. The minimum Gasteiger partial charge on any atom is -0.477 e. The maximum atomic E-state index is 14.1. The number of hydrogen-bond acceptors (Lipinski definition) is 11. The largest absolute Gasteiger partial charge is 0.477 e. The first kappa shape index (κ1) is 61.2. The summed E-state index contributed by atoms with van der Waals surface area (Å²) in [6.07, 6.45) is 19.8. The molecule has 390 valence electrons. The highest BCUT2D eigenvalue weighted by Crippen LogP contribution is 2.67. The van der Waals surface area contributed by atoms with Crippen molar-refractivity contribution < 1.29 is 33.4 Å². The molecule has 3 heterocycles. The number of Topliss-reactive ketones (excluding diaryl/α,β-unsaturated/α-hetero) is 1. The summed E-state index contributed by atoms with van der Waals surface area (Å²) in [5.74, 6) is 0.104. The second kappa shape index (κ2) is 32.2. The zero-order valence-electron chi connectivity index (χ0n) is 45.0. The minimum atomic E-state index is -0.611. The Morgan fingerprint density at radius 2 is 1.27 bits per heavy atom. The number of amides is 4. The van der Waals surface area contributed by atoms with Crippen LogP contribution >= 0.6 is 47.0 Å². The van der Waals surface area contributed by atoms with Gasteiger partial charge < -0.3 is 9.47 Å². The summed E-state index contributed by atoms with van der Waals surface area (Å²) in [5, 5.41) is 0. The summed E-state index contributed by atoms with van der Waals surface area (Å²) in [6, 6.07) is -0.611. The SMILES string of the molecule is CCCCC.CCCCC(CC)C(=O)Oc1c2c(c(CCC)c3c1S/C(=C(\C(CCC)=NC(C)=O)C(C)=C1CCC1)S3)S/C(=C1/C(=O)N(CCCC)C(=O)N=C1OCC)S2.CCCCC(CC)C(C)=O. The molecule has 0 bridgehead atoms. The van der Waals surface area contributed by atoms with Crippen LogP contribution in [0.25, 0.3) is 0 Å². The lowest BCUT2D eigenvalue weighted by atomic mass is 9.84. The predicted molar refractivity (Wildman–Crippen MR) is 297 cm³/mol.